The molecule has 0 aliphatic heterocycles. The summed E-state index contributed by atoms with van der Waals surface area (Å²) in [6, 6.07) is 0. The van der Waals surface area contributed by atoms with E-state index in [1.807, 2.05) is 12.5 Å². The summed E-state index contributed by atoms with van der Waals surface area (Å²) in [4.78, 5) is 4.19. The second-order valence-corrected chi connectivity index (χ2v) is 4.43. The third kappa shape index (κ3) is 4.47. The van der Waals surface area contributed by atoms with Gasteiger partial charge < -0.3 is 9.88 Å². The molecule has 15 heavy (non-hydrogen) atoms. The van der Waals surface area contributed by atoms with Crippen molar-refractivity contribution in [2.24, 2.45) is 5.92 Å². The van der Waals surface area contributed by atoms with Crippen molar-refractivity contribution < 1.29 is 0 Å². The fourth-order valence-electron chi connectivity index (χ4n) is 1.61. The Morgan fingerprint density at radius 1 is 1.47 bits per heavy atom. The van der Waals surface area contributed by atoms with E-state index in [-0.39, 0.29) is 0 Å². The number of rotatable bonds is 7. The summed E-state index contributed by atoms with van der Waals surface area (Å²) in [5, 5.41) is 3.45. The molecule has 0 aliphatic rings. The number of nitrogens with one attached hydrogen (secondary N) is 1. The zero-order valence-corrected chi connectivity index (χ0v) is 10.2. The first-order valence-corrected chi connectivity index (χ1v) is 5.93. The van der Waals surface area contributed by atoms with Crippen LogP contribution < -0.4 is 5.32 Å². The minimum Gasteiger partial charge on any atom is -0.335 e. The van der Waals surface area contributed by atoms with Crippen LogP contribution in [0.25, 0.3) is 0 Å². The van der Waals surface area contributed by atoms with Crippen molar-refractivity contribution in [1.82, 2.24) is 14.9 Å². The van der Waals surface area contributed by atoms with Gasteiger partial charge in [-0.3, -0.25) is 0 Å². The van der Waals surface area contributed by atoms with Gasteiger partial charge in [-0.1, -0.05) is 20.8 Å². The molecule has 0 saturated carbocycles. The van der Waals surface area contributed by atoms with E-state index in [0.29, 0.717) is 0 Å². The standard InChI is InChI=1S/C12H23N3/c1-4-7-15-10-14-9-12(15)5-6-13-8-11(2)3/h9-11,13H,4-8H2,1-3H3. The van der Waals surface area contributed by atoms with Crippen LogP contribution in [-0.2, 0) is 13.0 Å². The summed E-state index contributed by atoms with van der Waals surface area (Å²) in [5.41, 5.74) is 1.34. The van der Waals surface area contributed by atoms with Gasteiger partial charge in [0, 0.05) is 31.4 Å². The Morgan fingerprint density at radius 2 is 2.27 bits per heavy atom. The molecule has 0 spiro atoms. The molecule has 1 aromatic heterocycles. The fourth-order valence-corrected chi connectivity index (χ4v) is 1.61. The zero-order valence-electron chi connectivity index (χ0n) is 10.2. The lowest BCUT2D eigenvalue weighted by Gasteiger charge is -2.09. The molecule has 0 amide bonds. The summed E-state index contributed by atoms with van der Waals surface area (Å²) in [6.07, 6.45) is 6.16. The van der Waals surface area contributed by atoms with Crippen LogP contribution in [0.3, 0.4) is 0 Å². The molecule has 1 aromatic rings. The van der Waals surface area contributed by atoms with Crippen molar-refractivity contribution >= 4 is 0 Å². The van der Waals surface area contributed by atoms with Gasteiger partial charge in [-0.2, -0.15) is 0 Å². The van der Waals surface area contributed by atoms with Crippen LogP contribution in [0.4, 0.5) is 0 Å². The second kappa shape index (κ2) is 6.62. The molecule has 0 radical (unpaired) electrons. The predicted molar refractivity (Wildman–Crippen MR) is 63.9 cm³/mol. The SMILES string of the molecule is CCCn1cncc1CCNCC(C)C. The highest BCUT2D eigenvalue weighted by atomic mass is 15.0. The maximum atomic E-state index is 4.19. The average molecular weight is 209 g/mol. The Balaban J connectivity index is 2.27. The maximum absolute atomic E-state index is 4.19. The number of aromatic nitrogens is 2. The normalized spacial score (nSPS) is 11.2. The summed E-state index contributed by atoms with van der Waals surface area (Å²) in [5.74, 6) is 0.727. The van der Waals surface area contributed by atoms with E-state index in [9.17, 15) is 0 Å². The number of hydrogen-bond donors (Lipinski definition) is 1. The minimum atomic E-state index is 0.727. The van der Waals surface area contributed by atoms with Gasteiger partial charge in [-0.15, -0.1) is 0 Å². The fraction of sp³-hybridized carbons (Fsp3) is 0.750. The largest absolute Gasteiger partial charge is 0.335 e. The molecule has 0 atom stereocenters. The molecular formula is C12H23N3. The average Bonchev–Trinajstić information content (AvgIpc) is 2.61. The molecule has 86 valence electrons. The smallest absolute Gasteiger partial charge is 0.0948 e. The number of imidazole rings is 1. The Morgan fingerprint density at radius 3 is 2.93 bits per heavy atom. The molecule has 3 nitrogen and oxygen atoms in total. The maximum Gasteiger partial charge on any atom is 0.0948 e. The van der Waals surface area contributed by atoms with E-state index in [1.54, 1.807) is 0 Å². The summed E-state index contributed by atoms with van der Waals surface area (Å²) < 4.78 is 2.25. The molecule has 3 heteroatoms. The van der Waals surface area contributed by atoms with E-state index in [2.05, 4.69) is 35.6 Å². The van der Waals surface area contributed by atoms with E-state index >= 15 is 0 Å². The van der Waals surface area contributed by atoms with Gasteiger partial charge in [0.05, 0.1) is 6.33 Å². The second-order valence-electron chi connectivity index (χ2n) is 4.43. The molecule has 0 aromatic carbocycles. The Labute approximate surface area is 92.9 Å². The molecule has 1 heterocycles. The van der Waals surface area contributed by atoms with E-state index in [4.69, 9.17) is 0 Å². The number of hydrogen-bond acceptors (Lipinski definition) is 2. The summed E-state index contributed by atoms with van der Waals surface area (Å²) >= 11 is 0. The highest BCUT2D eigenvalue weighted by Crippen LogP contribution is 2.01. The zero-order chi connectivity index (χ0) is 11.1. The summed E-state index contributed by atoms with van der Waals surface area (Å²) in [6.45, 7) is 9.89. The van der Waals surface area contributed by atoms with Crippen LogP contribution in [0.5, 0.6) is 0 Å². The third-order valence-corrected chi connectivity index (χ3v) is 2.37. The molecule has 1 N–H and O–H groups in total. The third-order valence-electron chi connectivity index (χ3n) is 2.37. The van der Waals surface area contributed by atoms with Crippen molar-refractivity contribution in [3.05, 3.63) is 18.2 Å². The van der Waals surface area contributed by atoms with Crippen LogP contribution >= 0.6 is 0 Å². The Kier molecular flexibility index (Phi) is 5.40. The van der Waals surface area contributed by atoms with Crippen LogP contribution in [0.1, 0.15) is 32.9 Å². The van der Waals surface area contributed by atoms with Crippen molar-refractivity contribution in [3.63, 3.8) is 0 Å². The topological polar surface area (TPSA) is 29.9 Å². The first-order valence-electron chi connectivity index (χ1n) is 5.93. The molecular weight excluding hydrogens is 186 g/mol. The van der Waals surface area contributed by atoms with Gasteiger partial charge in [0.1, 0.15) is 0 Å². The Bertz CT molecular complexity index is 266. The highest BCUT2D eigenvalue weighted by Gasteiger charge is 2.00. The molecule has 0 unspecified atom stereocenters. The molecule has 1 rings (SSSR count). The molecule has 0 fully saturated rings. The molecule has 0 aliphatic carbocycles. The minimum absolute atomic E-state index is 0.727. The van der Waals surface area contributed by atoms with Gasteiger partial charge in [0.2, 0.25) is 0 Å². The highest BCUT2D eigenvalue weighted by molar-refractivity contribution is 4.98. The lowest BCUT2D eigenvalue weighted by Crippen LogP contribution is -2.22. The van der Waals surface area contributed by atoms with Crippen molar-refractivity contribution in [3.8, 4) is 0 Å². The van der Waals surface area contributed by atoms with Gasteiger partial charge in [-0.25, -0.2) is 4.98 Å². The van der Waals surface area contributed by atoms with Crippen molar-refractivity contribution in [2.45, 2.75) is 40.2 Å². The molecule has 0 bridgehead atoms. The van der Waals surface area contributed by atoms with Gasteiger partial charge in [-0.05, 0) is 18.9 Å². The molecule has 0 saturated heterocycles. The van der Waals surface area contributed by atoms with Gasteiger partial charge in [0.15, 0.2) is 0 Å². The van der Waals surface area contributed by atoms with Crippen LogP contribution in [0.2, 0.25) is 0 Å². The van der Waals surface area contributed by atoms with Gasteiger partial charge in [0.25, 0.3) is 0 Å². The lowest BCUT2D eigenvalue weighted by atomic mass is 10.2. The summed E-state index contributed by atoms with van der Waals surface area (Å²) in [7, 11) is 0. The van der Waals surface area contributed by atoms with Crippen LogP contribution in [0.15, 0.2) is 12.5 Å². The van der Waals surface area contributed by atoms with E-state index < -0.39 is 0 Å². The van der Waals surface area contributed by atoms with Gasteiger partial charge >= 0.3 is 0 Å². The predicted octanol–water partition coefficient (Wildman–Crippen LogP) is 2.08. The van der Waals surface area contributed by atoms with Crippen LogP contribution in [-0.4, -0.2) is 22.6 Å². The van der Waals surface area contributed by atoms with Crippen molar-refractivity contribution in [2.75, 3.05) is 13.1 Å². The first-order chi connectivity index (χ1) is 7.24. The van der Waals surface area contributed by atoms with E-state index in [0.717, 1.165) is 32.0 Å². The van der Waals surface area contributed by atoms with Crippen molar-refractivity contribution in [1.29, 1.82) is 0 Å². The number of aryl methyl sites for hydroxylation is 1. The number of nitrogens with zero attached hydrogens (tertiary/aromatic N) is 2. The monoisotopic (exact) mass is 209 g/mol. The lowest BCUT2D eigenvalue weighted by molar-refractivity contribution is 0.545. The van der Waals surface area contributed by atoms with E-state index in [1.165, 1.54) is 12.1 Å². The van der Waals surface area contributed by atoms with Crippen LogP contribution in [0, 0.1) is 5.92 Å². The Hall–Kier alpha value is -0.830. The first kappa shape index (κ1) is 12.2. The quantitative estimate of drug-likeness (QED) is 0.697.